The third-order valence-corrected chi connectivity index (χ3v) is 3.85. The van der Waals surface area contributed by atoms with Gasteiger partial charge in [-0.2, -0.15) is 0 Å². The first-order valence-corrected chi connectivity index (χ1v) is 7.58. The zero-order chi connectivity index (χ0) is 15.4. The number of methoxy groups -OCH3 is 1. The third kappa shape index (κ3) is 3.27. The molecule has 2 aromatic rings. The van der Waals surface area contributed by atoms with Crippen LogP contribution >= 0.6 is 15.9 Å². The monoisotopic (exact) mass is 347 g/mol. The number of carbonyl (C=O) groups is 1. The van der Waals surface area contributed by atoms with Crippen molar-refractivity contribution in [2.75, 3.05) is 18.6 Å². The molecule has 0 fully saturated rings. The summed E-state index contributed by atoms with van der Waals surface area (Å²) in [4.78, 5) is 14.6. The number of nitrogens with zero attached hydrogens (tertiary/aromatic N) is 1. The number of rotatable bonds is 4. The Hall–Kier alpha value is -1.81. The fraction of sp³-hybridized carbons (Fsp3) is 0.235. The van der Waals surface area contributed by atoms with E-state index >= 15 is 0 Å². The van der Waals surface area contributed by atoms with E-state index in [1.165, 1.54) is 0 Å². The number of aryl methyl sites for hydroxylation is 1. The molecule has 0 unspecified atom stereocenters. The third-order valence-electron chi connectivity index (χ3n) is 3.36. The standard InChI is InChI=1S/C17H18BrNO2/c1-4-19(15-8-6-5-7-12(15)2)17(20)14-10-9-13(18)11-16(14)21-3/h5-11H,4H2,1-3H3. The lowest BCUT2D eigenvalue weighted by Gasteiger charge is -2.24. The van der Waals surface area contributed by atoms with E-state index in [1.54, 1.807) is 24.1 Å². The molecule has 4 heteroatoms. The van der Waals surface area contributed by atoms with Crippen molar-refractivity contribution in [2.24, 2.45) is 0 Å². The Morgan fingerprint density at radius 2 is 1.95 bits per heavy atom. The van der Waals surface area contributed by atoms with E-state index in [4.69, 9.17) is 4.74 Å². The first-order valence-electron chi connectivity index (χ1n) is 6.79. The molecule has 0 saturated heterocycles. The summed E-state index contributed by atoms with van der Waals surface area (Å²) in [6.07, 6.45) is 0. The van der Waals surface area contributed by atoms with Crippen LogP contribution < -0.4 is 9.64 Å². The minimum atomic E-state index is -0.0591. The predicted octanol–water partition coefficient (Wildman–Crippen LogP) is 4.43. The highest BCUT2D eigenvalue weighted by Crippen LogP contribution is 2.27. The molecule has 0 aliphatic carbocycles. The molecular weight excluding hydrogens is 330 g/mol. The van der Waals surface area contributed by atoms with Crippen molar-refractivity contribution in [3.63, 3.8) is 0 Å². The zero-order valence-corrected chi connectivity index (χ0v) is 14.0. The average Bonchev–Trinajstić information content (AvgIpc) is 2.49. The van der Waals surface area contributed by atoms with Crippen LogP contribution in [0.3, 0.4) is 0 Å². The van der Waals surface area contributed by atoms with Crippen molar-refractivity contribution in [2.45, 2.75) is 13.8 Å². The van der Waals surface area contributed by atoms with E-state index in [1.807, 2.05) is 44.2 Å². The highest BCUT2D eigenvalue weighted by molar-refractivity contribution is 9.10. The normalized spacial score (nSPS) is 10.3. The molecule has 21 heavy (non-hydrogen) atoms. The van der Waals surface area contributed by atoms with E-state index in [0.717, 1.165) is 15.7 Å². The number of anilines is 1. The molecule has 0 N–H and O–H groups in total. The average molecular weight is 348 g/mol. The molecule has 0 spiro atoms. The molecule has 110 valence electrons. The summed E-state index contributed by atoms with van der Waals surface area (Å²) in [5.41, 5.74) is 2.56. The van der Waals surface area contributed by atoms with Gasteiger partial charge in [-0.1, -0.05) is 34.1 Å². The maximum atomic E-state index is 12.9. The number of amides is 1. The predicted molar refractivity (Wildman–Crippen MR) is 89.2 cm³/mol. The Morgan fingerprint density at radius 1 is 1.24 bits per heavy atom. The fourth-order valence-electron chi connectivity index (χ4n) is 2.28. The van der Waals surface area contributed by atoms with Gasteiger partial charge in [-0.25, -0.2) is 0 Å². The van der Waals surface area contributed by atoms with Gasteiger partial charge >= 0.3 is 0 Å². The molecule has 2 rings (SSSR count). The minimum absolute atomic E-state index is 0.0591. The quantitative estimate of drug-likeness (QED) is 0.818. The fourth-order valence-corrected chi connectivity index (χ4v) is 2.62. The molecule has 0 saturated carbocycles. The van der Waals surface area contributed by atoms with Gasteiger partial charge in [0.05, 0.1) is 12.7 Å². The molecule has 0 heterocycles. The van der Waals surface area contributed by atoms with Crippen molar-refractivity contribution >= 4 is 27.5 Å². The van der Waals surface area contributed by atoms with Crippen molar-refractivity contribution in [3.05, 3.63) is 58.1 Å². The van der Waals surface area contributed by atoms with Crippen molar-refractivity contribution in [1.29, 1.82) is 0 Å². The van der Waals surface area contributed by atoms with Gasteiger partial charge in [0.25, 0.3) is 5.91 Å². The smallest absolute Gasteiger partial charge is 0.262 e. The Balaban J connectivity index is 2.44. The van der Waals surface area contributed by atoms with Crippen molar-refractivity contribution < 1.29 is 9.53 Å². The highest BCUT2D eigenvalue weighted by atomic mass is 79.9. The minimum Gasteiger partial charge on any atom is -0.496 e. The molecule has 0 aliphatic heterocycles. The van der Waals surface area contributed by atoms with Crippen LogP contribution in [0.2, 0.25) is 0 Å². The second-order valence-corrected chi connectivity index (χ2v) is 5.60. The van der Waals surface area contributed by atoms with Crippen LogP contribution in [0.4, 0.5) is 5.69 Å². The summed E-state index contributed by atoms with van der Waals surface area (Å²) in [5.74, 6) is 0.512. The maximum Gasteiger partial charge on any atom is 0.262 e. The van der Waals surface area contributed by atoms with E-state index in [2.05, 4.69) is 15.9 Å². The number of hydrogen-bond acceptors (Lipinski definition) is 2. The van der Waals surface area contributed by atoms with Gasteiger partial charge in [0.1, 0.15) is 5.75 Å². The maximum absolute atomic E-state index is 12.9. The number of carbonyl (C=O) groups excluding carboxylic acids is 1. The molecular formula is C17H18BrNO2. The van der Waals surface area contributed by atoms with Gasteiger partial charge < -0.3 is 9.64 Å². The van der Waals surface area contributed by atoms with Crippen LogP contribution in [-0.2, 0) is 0 Å². The van der Waals surface area contributed by atoms with Crippen LogP contribution in [0.15, 0.2) is 46.9 Å². The largest absolute Gasteiger partial charge is 0.496 e. The first kappa shape index (κ1) is 15.6. The van der Waals surface area contributed by atoms with Crippen LogP contribution in [0, 0.1) is 6.92 Å². The van der Waals surface area contributed by atoms with Crippen LogP contribution in [0.25, 0.3) is 0 Å². The van der Waals surface area contributed by atoms with Gasteiger partial charge in [-0.3, -0.25) is 4.79 Å². The van der Waals surface area contributed by atoms with Crippen LogP contribution in [0.5, 0.6) is 5.75 Å². The molecule has 0 atom stereocenters. The van der Waals surface area contributed by atoms with Gasteiger partial charge in [-0.05, 0) is 43.7 Å². The lowest BCUT2D eigenvalue weighted by atomic mass is 10.1. The van der Waals surface area contributed by atoms with Crippen LogP contribution in [-0.4, -0.2) is 19.6 Å². The first-order chi connectivity index (χ1) is 10.1. The van der Waals surface area contributed by atoms with E-state index in [-0.39, 0.29) is 5.91 Å². The lowest BCUT2D eigenvalue weighted by molar-refractivity contribution is 0.0985. The molecule has 0 aliphatic rings. The lowest BCUT2D eigenvalue weighted by Crippen LogP contribution is -2.31. The van der Waals surface area contributed by atoms with E-state index in [0.29, 0.717) is 17.9 Å². The Bertz CT molecular complexity index is 655. The van der Waals surface area contributed by atoms with Gasteiger partial charge in [0.15, 0.2) is 0 Å². The summed E-state index contributed by atoms with van der Waals surface area (Å²) < 4.78 is 6.21. The molecule has 2 aromatic carbocycles. The molecule has 1 amide bonds. The molecule has 0 aromatic heterocycles. The Kier molecular flexibility index (Phi) is 5.02. The van der Waals surface area contributed by atoms with Crippen molar-refractivity contribution in [1.82, 2.24) is 0 Å². The molecule has 3 nitrogen and oxygen atoms in total. The van der Waals surface area contributed by atoms with Gasteiger partial charge in [0.2, 0.25) is 0 Å². The topological polar surface area (TPSA) is 29.5 Å². The summed E-state index contributed by atoms with van der Waals surface area (Å²) in [5, 5.41) is 0. The Labute approximate surface area is 133 Å². The molecule has 0 radical (unpaired) electrons. The summed E-state index contributed by atoms with van der Waals surface area (Å²) in [6, 6.07) is 13.3. The SMILES string of the molecule is CCN(C(=O)c1ccc(Br)cc1OC)c1ccccc1C. The van der Waals surface area contributed by atoms with E-state index in [9.17, 15) is 4.79 Å². The number of hydrogen-bond donors (Lipinski definition) is 0. The summed E-state index contributed by atoms with van der Waals surface area (Å²) >= 11 is 3.39. The molecule has 0 bridgehead atoms. The van der Waals surface area contributed by atoms with Crippen LogP contribution in [0.1, 0.15) is 22.8 Å². The summed E-state index contributed by atoms with van der Waals surface area (Å²) in [7, 11) is 1.57. The van der Waals surface area contributed by atoms with Gasteiger partial charge in [0, 0.05) is 16.7 Å². The highest BCUT2D eigenvalue weighted by Gasteiger charge is 2.21. The zero-order valence-electron chi connectivity index (χ0n) is 12.4. The number of para-hydroxylation sites is 1. The second-order valence-electron chi connectivity index (χ2n) is 4.68. The number of benzene rings is 2. The van der Waals surface area contributed by atoms with Crippen molar-refractivity contribution in [3.8, 4) is 5.75 Å². The Morgan fingerprint density at radius 3 is 2.57 bits per heavy atom. The number of halogens is 1. The number of ether oxygens (including phenoxy) is 1. The van der Waals surface area contributed by atoms with Gasteiger partial charge in [-0.15, -0.1) is 0 Å². The van der Waals surface area contributed by atoms with E-state index < -0.39 is 0 Å². The second kappa shape index (κ2) is 6.76. The summed E-state index contributed by atoms with van der Waals surface area (Å²) in [6.45, 7) is 4.57.